The second kappa shape index (κ2) is 17.0. The lowest BCUT2D eigenvalue weighted by Gasteiger charge is -2.42. The number of aliphatic hydroxyl groups is 1. The first-order chi connectivity index (χ1) is 18.8. The number of aliphatic hydroxyl groups excluding tert-OH is 1. The van der Waals surface area contributed by atoms with Gasteiger partial charge in [-0.1, -0.05) is 41.5 Å². The largest absolute Gasteiger partial charge is 0.463 e. The van der Waals surface area contributed by atoms with E-state index in [1.165, 1.54) is 18.2 Å². The predicted octanol–water partition coefficient (Wildman–Crippen LogP) is 7.51. The first-order valence-electron chi connectivity index (χ1n) is 13.9. The van der Waals surface area contributed by atoms with E-state index < -0.39 is 14.3 Å². The monoisotopic (exact) mass is 576 g/mol. The molecule has 0 saturated heterocycles. The maximum absolute atomic E-state index is 11.4. The molecule has 0 amide bonds. The van der Waals surface area contributed by atoms with Gasteiger partial charge in [-0.15, -0.1) is 0 Å². The molecule has 0 aromatic carbocycles. The van der Waals surface area contributed by atoms with Crippen molar-refractivity contribution in [2.75, 3.05) is 13.2 Å². The lowest BCUT2D eigenvalue weighted by molar-refractivity contribution is -0.138. The standard InChI is InChI=1S/C20H34O4Si.C11H14O4/c1-9-22-20(21)11-10-19-12-18(17(8)24-19)13-23-25(14(2)3,15(4)5)16(6)7;1-3-14-11(13)5-4-10-6-9(7-12)8(2)15-10/h10-12,14-16H,9,13H2,1-8H3;4-6,12H,3,7H2,1-2H3/b11-10+;5-4+. The molecule has 0 spiro atoms. The highest BCUT2D eigenvalue weighted by Crippen LogP contribution is 2.43. The van der Waals surface area contributed by atoms with Crippen molar-refractivity contribution in [2.24, 2.45) is 0 Å². The van der Waals surface area contributed by atoms with Crippen LogP contribution in [0.4, 0.5) is 0 Å². The summed E-state index contributed by atoms with van der Waals surface area (Å²) in [5.41, 5.74) is 3.40. The normalized spacial score (nSPS) is 12.1. The number of furan rings is 2. The molecule has 2 heterocycles. The molecule has 2 aromatic heterocycles. The number of rotatable bonds is 13. The third-order valence-electron chi connectivity index (χ3n) is 6.77. The van der Waals surface area contributed by atoms with Gasteiger partial charge in [0.1, 0.15) is 23.0 Å². The highest BCUT2D eigenvalue weighted by atomic mass is 28.4. The van der Waals surface area contributed by atoms with Gasteiger partial charge in [-0.05, 0) is 68.6 Å². The van der Waals surface area contributed by atoms with Crippen LogP contribution in [0.3, 0.4) is 0 Å². The maximum Gasteiger partial charge on any atom is 0.330 e. The van der Waals surface area contributed by atoms with Gasteiger partial charge in [0.15, 0.2) is 0 Å². The number of hydrogen-bond donors (Lipinski definition) is 1. The number of hydrogen-bond acceptors (Lipinski definition) is 8. The van der Waals surface area contributed by atoms with Gasteiger partial charge in [0.2, 0.25) is 8.32 Å². The Labute approximate surface area is 240 Å². The molecule has 0 bridgehead atoms. The van der Waals surface area contributed by atoms with Gasteiger partial charge in [0, 0.05) is 23.3 Å². The van der Waals surface area contributed by atoms with Gasteiger partial charge in [0.05, 0.1) is 26.4 Å². The highest BCUT2D eigenvalue weighted by Gasteiger charge is 2.45. The third kappa shape index (κ3) is 10.3. The molecule has 0 aliphatic heterocycles. The van der Waals surface area contributed by atoms with Crippen molar-refractivity contribution in [1.82, 2.24) is 0 Å². The van der Waals surface area contributed by atoms with Crippen molar-refractivity contribution in [2.45, 2.75) is 99.1 Å². The second-order valence-electron chi connectivity index (χ2n) is 10.4. The van der Waals surface area contributed by atoms with E-state index in [1.54, 1.807) is 32.9 Å². The molecule has 2 rings (SSSR count). The van der Waals surface area contributed by atoms with E-state index in [0.29, 0.717) is 53.7 Å². The smallest absolute Gasteiger partial charge is 0.330 e. The molecular weight excluding hydrogens is 528 g/mol. The topological polar surface area (TPSA) is 108 Å². The fourth-order valence-electron chi connectivity index (χ4n) is 4.94. The van der Waals surface area contributed by atoms with E-state index in [2.05, 4.69) is 41.5 Å². The first kappa shape index (κ1) is 35.1. The number of carbonyl (C=O) groups is 2. The van der Waals surface area contributed by atoms with Gasteiger partial charge in [-0.25, -0.2) is 9.59 Å². The molecule has 2 aromatic rings. The molecule has 0 saturated carbocycles. The SMILES string of the molecule is CCOC(=O)/C=C/c1cc(CO)c(C)o1.CCOC(=O)/C=C/c1cc(CO[Si](C(C)C)(C(C)C)C(C)C)c(C)o1. The fourth-order valence-corrected chi connectivity index (χ4v) is 10.3. The summed E-state index contributed by atoms with van der Waals surface area (Å²) in [6.07, 6.45) is 5.85. The molecule has 224 valence electrons. The molecule has 0 aliphatic rings. The Morgan fingerprint density at radius 3 is 1.55 bits per heavy atom. The summed E-state index contributed by atoms with van der Waals surface area (Å²) in [6.45, 7) is 22.1. The van der Waals surface area contributed by atoms with Crippen LogP contribution < -0.4 is 0 Å². The van der Waals surface area contributed by atoms with Crippen molar-refractivity contribution in [3.8, 4) is 0 Å². The van der Waals surface area contributed by atoms with E-state index in [1.807, 2.05) is 13.0 Å². The number of ether oxygens (including phenoxy) is 2. The molecule has 0 radical (unpaired) electrons. The lowest BCUT2D eigenvalue weighted by atomic mass is 10.2. The van der Waals surface area contributed by atoms with Gasteiger partial charge in [-0.3, -0.25) is 0 Å². The summed E-state index contributed by atoms with van der Waals surface area (Å²) in [4.78, 5) is 22.4. The van der Waals surface area contributed by atoms with Crippen LogP contribution in [0, 0.1) is 13.8 Å². The van der Waals surface area contributed by atoms with E-state index in [0.717, 1.165) is 16.9 Å². The van der Waals surface area contributed by atoms with Crippen LogP contribution in [0.1, 0.15) is 89.6 Å². The van der Waals surface area contributed by atoms with E-state index in [4.69, 9.17) is 27.8 Å². The van der Waals surface area contributed by atoms with E-state index in [-0.39, 0.29) is 12.6 Å². The molecule has 0 fully saturated rings. The van der Waals surface area contributed by atoms with Crippen molar-refractivity contribution < 1.29 is 37.4 Å². The van der Waals surface area contributed by atoms with Gasteiger partial charge < -0.3 is 27.8 Å². The Bertz CT molecular complexity index is 1100. The molecule has 9 heteroatoms. The molecule has 1 N–H and O–H groups in total. The van der Waals surface area contributed by atoms with Crippen molar-refractivity contribution in [3.63, 3.8) is 0 Å². The Morgan fingerprint density at radius 1 is 0.800 bits per heavy atom. The van der Waals surface area contributed by atoms with Crippen molar-refractivity contribution >= 4 is 32.4 Å². The van der Waals surface area contributed by atoms with Crippen LogP contribution in [0.15, 0.2) is 33.1 Å². The van der Waals surface area contributed by atoms with Crippen LogP contribution >= 0.6 is 0 Å². The van der Waals surface area contributed by atoms with E-state index >= 15 is 0 Å². The average molecular weight is 577 g/mol. The van der Waals surface area contributed by atoms with Crippen LogP contribution in [-0.2, 0) is 36.7 Å². The van der Waals surface area contributed by atoms with Gasteiger partial charge >= 0.3 is 11.9 Å². The second-order valence-corrected chi connectivity index (χ2v) is 15.9. The molecule has 0 aliphatic carbocycles. The quantitative estimate of drug-likeness (QED) is 0.148. The Hall–Kier alpha value is -2.88. The Balaban J connectivity index is 0.000000453. The van der Waals surface area contributed by atoms with Crippen molar-refractivity contribution in [3.05, 3.63) is 58.5 Å². The Morgan fingerprint density at radius 2 is 1.20 bits per heavy atom. The zero-order valence-electron chi connectivity index (χ0n) is 25.8. The predicted molar refractivity (Wildman–Crippen MR) is 160 cm³/mol. The minimum Gasteiger partial charge on any atom is -0.463 e. The molecule has 8 nitrogen and oxygen atoms in total. The van der Waals surface area contributed by atoms with Gasteiger partial charge in [0.25, 0.3) is 0 Å². The summed E-state index contributed by atoms with van der Waals surface area (Å²) < 4.78 is 27.2. The van der Waals surface area contributed by atoms with Crippen LogP contribution in [0.2, 0.25) is 16.6 Å². The maximum atomic E-state index is 11.4. The summed E-state index contributed by atoms with van der Waals surface area (Å²) in [6, 6.07) is 3.64. The zero-order valence-corrected chi connectivity index (χ0v) is 26.8. The molecule has 0 atom stereocenters. The number of carbonyl (C=O) groups excluding carboxylic acids is 2. The Kier molecular flexibility index (Phi) is 15.0. The minimum atomic E-state index is -1.90. The summed E-state index contributed by atoms with van der Waals surface area (Å²) >= 11 is 0. The molecular formula is C31H48O8Si. The molecule has 0 unspecified atom stereocenters. The number of aryl methyl sites for hydroxylation is 2. The average Bonchev–Trinajstić information content (AvgIpc) is 3.42. The third-order valence-corrected chi connectivity index (χ3v) is 12.8. The summed E-state index contributed by atoms with van der Waals surface area (Å²) in [5.74, 6) is 1.90. The van der Waals surface area contributed by atoms with Crippen LogP contribution in [0.25, 0.3) is 12.2 Å². The highest BCUT2D eigenvalue weighted by molar-refractivity contribution is 6.77. The van der Waals surface area contributed by atoms with Crippen molar-refractivity contribution in [1.29, 1.82) is 0 Å². The van der Waals surface area contributed by atoms with E-state index in [9.17, 15) is 9.59 Å². The molecule has 40 heavy (non-hydrogen) atoms. The van der Waals surface area contributed by atoms with Gasteiger partial charge in [-0.2, -0.15) is 0 Å². The van der Waals surface area contributed by atoms with Crippen LogP contribution in [0.5, 0.6) is 0 Å². The minimum absolute atomic E-state index is 0.0669. The fraction of sp³-hybridized carbons (Fsp3) is 0.548. The first-order valence-corrected chi connectivity index (χ1v) is 16.1. The summed E-state index contributed by atoms with van der Waals surface area (Å²) in [5, 5.41) is 8.92. The van der Waals surface area contributed by atoms with Crippen LogP contribution in [-0.4, -0.2) is 38.6 Å². The number of esters is 2. The summed E-state index contributed by atoms with van der Waals surface area (Å²) in [7, 11) is -1.90. The zero-order chi connectivity index (χ0) is 30.5. The lowest BCUT2D eigenvalue weighted by Crippen LogP contribution is -2.47.